The van der Waals surface area contributed by atoms with Gasteiger partial charge in [0.25, 0.3) is 0 Å². The van der Waals surface area contributed by atoms with Crippen LogP contribution in [0.4, 0.5) is 11.4 Å². The fourth-order valence-electron chi connectivity index (χ4n) is 3.55. The highest BCUT2D eigenvalue weighted by molar-refractivity contribution is 6.04. The Morgan fingerprint density at radius 3 is 2.76 bits per heavy atom. The first kappa shape index (κ1) is 18.7. The Labute approximate surface area is 168 Å². The Morgan fingerprint density at radius 1 is 1.17 bits per heavy atom. The van der Waals surface area contributed by atoms with Crippen LogP contribution in [0.5, 0.6) is 5.75 Å². The first-order valence-electron chi connectivity index (χ1n) is 9.45. The first-order chi connectivity index (χ1) is 14.2. The first-order valence-corrected chi connectivity index (χ1v) is 9.45. The number of nitrogens with one attached hydrogen (secondary N) is 1. The standard InChI is InChI=1S/C22H22N4O3/c1-29-20-10-5-4-9-19(20)26-15-17(13-21(26)27)22(28)24-18-8-3-2-7-16(18)14-25-12-6-11-23-25/h2-12,17H,13-15H2,1H3,(H,24,28). The van der Waals surface area contributed by atoms with Crippen molar-refractivity contribution < 1.29 is 14.3 Å². The SMILES string of the molecule is COc1ccccc1N1CC(C(=O)Nc2ccccc2Cn2cccn2)CC1=O. The molecular weight excluding hydrogens is 368 g/mol. The van der Waals surface area contributed by atoms with Crippen LogP contribution in [0.3, 0.4) is 0 Å². The fraction of sp³-hybridized carbons (Fsp3) is 0.227. The third kappa shape index (κ3) is 3.99. The lowest BCUT2D eigenvalue weighted by Gasteiger charge is -2.19. The number of benzene rings is 2. The number of methoxy groups -OCH3 is 1. The van der Waals surface area contributed by atoms with Crippen molar-refractivity contribution in [3.8, 4) is 5.75 Å². The van der Waals surface area contributed by atoms with Crippen LogP contribution in [0.1, 0.15) is 12.0 Å². The molecule has 3 aromatic rings. The molecule has 4 rings (SSSR count). The summed E-state index contributed by atoms with van der Waals surface area (Å²) < 4.78 is 7.16. The molecule has 1 saturated heterocycles. The molecule has 1 atom stereocenters. The summed E-state index contributed by atoms with van der Waals surface area (Å²) in [5, 5.41) is 7.22. The maximum Gasteiger partial charge on any atom is 0.229 e. The number of anilines is 2. The van der Waals surface area contributed by atoms with E-state index in [-0.39, 0.29) is 18.2 Å². The van der Waals surface area contributed by atoms with Crippen molar-refractivity contribution in [1.82, 2.24) is 9.78 Å². The van der Waals surface area contributed by atoms with Gasteiger partial charge in [0.05, 0.1) is 25.3 Å². The van der Waals surface area contributed by atoms with Crippen molar-refractivity contribution in [3.05, 3.63) is 72.6 Å². The van der Waals surface area contributed by atoms with E-state index in [0.717, 1.165) is 11.3 Å². The molecule has 7 heteroatoms. The van der Waals surface area contributed by atoms with Crippen LogP contribution in [-0.4, -0.2) is 35.2 Å². The van der Waals surface area contributed by atoms with Crippen LogP contribution in [0, 0.1) is 5.92 Å². The Hall–Kier alpha value is -3.61. The fourth-order valence-corrected chi connectivity index (χ4v) is 3.55. The third-order valence-corrected chi connectivity index (χ3v) is 5.04. The maximum absolute atomic E-state index is 12.9. The molecule has 0 spiro atoms. The number of aromatic nitrogens is 2. The zero-order chi connectivity index (χ0) is 20.2. The average molecular weight is 390 g/mol. The highest BCUT2D eigenvalue weighted by Gasteiger charge is 2.36. The molecule has 7 nitrogen and oxygen atoms in total. The molecule has 1 unspecified atom stereocenters. The maximum atomic E-state index is 12.9. The van der Waals surface area contributed by atoms with E-state index in [1.54, 1.807) is 22.9 Å². The quantitative estimate of drug-likeness (QED) is 0.702. The minimum absolute atomic E-state index is 0.0838. The molecule has 148 valence electrons. The molecule has 1 N–H and O–H groups in total. The summed E-state index contributed by atoms with van der Waals surface area (Å²) in [6, 6.07) is 16.8. The predicted molar refractivity (Wildman–Crippen MR) is 110 cm³/mol. The van der Waals surface area contributed by atoms with E-state index in [2.05, 4.69) is 10.4 Å². The lowest BCUT2D eigenvalue weighted by molar-refractivity contribution is -0.122. The Bertz CT molecular complexity index is 1020. The topological polar surface area (TPSA) is 76.5 Å². The molecule has 29 heavy (non-hydrogen) atoms. The lowest BCUT2D eigenvalue weighted by atomic mass is 10.1. The second kappa shape index (κ2) is 8.18. The van der Waals surface area contributed by atoms with Crippen LogP contribution in [0.25, 0.3) is 0 Å². The summed E-state index contributed by atoms with van der Waals surface area (Å²) in [6.45, 7) is 0.882. The third-order valence-electron chi connectivity index (χ3n) is 5.04. The molecule has 1 aliphatic rings. The second-order valence-corrected chi connectivity index (χ2v) is 6.93. The van der Waals surface area contributed by atoms with E-state index in [1.165, 1.54) is 0 Å². The number of hydrogen-bond donors (Lipinski definition) is 1. The van der Waals surface area contributed by atoms with Gasteiger partial charge in [0.15, 0.2) is 0 Å². The van der Waals surface area contributed by atoms with Gasteiger partial charge in [-0.25, -0.2) is 0 Å². The Morgan fingerprint density at radius 2 is 1.97 bits per heavy atom. The molecule has 0 saturated carbocycles. The van der Waals surface area contributed by atoms with Crippen LogP contribution >= 0.6 is 0 Å². The summed E-state index contributed by atoms with van der Waals surface area (Å²) in [5.41, 5.74) is 2.38. The monoisotopic (exact) mass is 390 g/mol. The molecule has 0 aliphatic carbocycles. The smallest absolute Gasteiger partial charge is 0.229 e. The molecular formula is C22H22N4O3. The van der Waals surface area contributed by atoms with Gasteiger partial charge in [-0.3, -0.25) is 14.3 Å². The Balaban J connectivity index is 1.48. The van der Waals surface area contributed by atoms with Gasteiger partial charge in [0.1, 0.15) is 5.75 Å². The number of nitrogens with zero attached hydrogens (tertiary/aromatic N) is 3. The zero-order valence-corrected chi connectivity index (χ0v) is 16.1. The van der Waals surface area contributed by atoms with Gasteiger partial charge in [0, 0.05) is 31.0 Å². The Kier molecular flexibility index (Phi) is 5.29. The van der Waals surface area contributed by atoms with E-state index in [1.807, 2.05) is 60.8 Å². The van der Waals surface area contributed by atoms with Gasteiger partial charge >= 0.3 is 0 Å². The number of ether oxygens (including phenoxy) is 1. The van der Waals surface area contributed by atoms with E-state index < -0.39 is 5.92 Å². The van der Waals surface area contributed by atoms with Gasteiger partial charge in [-0.05, 0) is 29.8 Å². The van der Waals surface area contributed by atoms with Crippen LogP contribution < -0.4 is 15.0 Å². The van der Waals surface area contributed by atoms with Gasteiger partial charge in [-0.2, -0.15) is 5.10 Å². The van der Waals surface area contributed by atoms with Gasteiger partial charge in [-0.15, -0.1) is 0 Å². The summed E-state index contributed by atoms with van der Waals surface area (Å²) in [5.74, 6) is -0.0558. The van der Waals surface area contributed by atoms with Gasteiger partial charge < -0.3 is 15.0 Å². The van der Waals surface area contributed by atoms with Crippen molar-refractivity contribution >= 4 is 23.2 Å². The molecule has 2 aromatic carbocycles. The summed E-state index contributed by atoms with van der Waals surface area (Å²) in [7, 11) is 1.57. The molecule has 2 amide bonds. The van der Waals surface area contributed by atoms with E-state index in [4.69, 9.17) is 4.74 Å². The molecule has 0 bridgehead atoms. The molecule has 1 aromatic heterocycles. The number of rotatable bonds is 6. The van der Waals surface area contributed by atoms with Crippen molar-refractivity contribution in [3.63, 3.8) is 0 Å². The van der Waals surface area contributed by atoms with Crippen molar-refractivity contribution in [2.24, 2.45) is 5.92 Å². The lowest BCUT2D eigenvalue weighted by Crippen LogP contribution is -2.28. The number of amides is 2. The summed E-state index contributed by atoms with van der Waals surface area (Å²) >= 11 is 0. The van der Waals surface area contributed by atoms with Gasteiger partial charge in [0.2, 0.25) is 11.8 Å². The molecule has 1 fully saturated rings. The van der Waals surface area contributed by atoms with Crippen molar-refractivity contribution in [2.45, 2.75) is 13.0 Å². The molecule has 0 radical (unpaired) electrons. The normalized spacial score (nSPS) is 16.1. The number of para-hydroxylation sites is 3. The van der Waals surface area contributed by atoms with E-state index in [0.29, 0.717) is 24.5 Å². The number of hydrogen-bond acceptors (Lipinski definition) is 4. The van der Waals surface area contributed by atoms with Crippen molar-refractivity contribution in [2.75, 3.05) is 23.9 Å². The summed E-state index contributed by atoms with van der Waals surface area (Å²) in [4.78, 5) is 27.1. The average Bonchev–Trinajstić information content (AvgIpc) is 3.39. The number of carbonyl (C=O) groups excluding carboxylic acids is 2. The van der Waals surface area contributed by atoms with Crippen LogP contribution in [-0.2, 0) is 16.1 Å². The van der Waals surface area contributed by atoms with Crippen LogP contribution in [0.15, 0.2) is 67.0 Å². The molecule has 2 heterocycles. The van der Waals surface area contributed by atoms with Crippen LogP contribution in [0.2, 0.25) is 0 Å². The van der Waals surface area contributed by atoms with E-state index >= 15 is 0 Å². The van der Waals surface area contributed by atoms with Gasteiger partial charge in [-0.1, -0.05) is 30.3 Å². The van der Waals surface area contributed by atoms with Crippen molar-refractivity contribution in [1.29, 1.82) is 0 Å². The number of carbonyl (C=O) groups is 2. The summed E-state index contributed by atoms with van der Waals surface area (Å²) in [6.07, 6.45) is 3.77. The minimum atomic E-state index is -0.426. The van der Waals surface area contributed by atoms with E-state index in [9.17, 15) is 9.59 Å². The second-order valence-electron chi connectivity index (χ2n) is 6.93. The predicted octanol–water partition coefficient (Wildman–Crippen LogP) is 2.93. The highest BCUT2D eigenvalue weighted by atomic mass is 16.5. The largest absolute Gasteiger partial charge is 0.495 e. The molecule has 1 aliphatic heterocycles. The minimum Gasteiger partial charge on any atom is -0.495 e. The highest BCUT2D eigenvalue weighted by Crippen LogP contribution is 2.33. The zero-order valence-electron chi connectivity index (χ0n) is 16.1.